The third-order valence-corrected chi connectivity index (χ3v) is 2.00. The van der Waals surface area contributed by atoms with Crippen molar-refractivity contribution in [1.82, 2.24) is 0 Å². The second-order valence-corrected chi connectivity index (χ2v) is 3.48. The molecule has 1 rings (SSSR count). The number of carbonyl (C=O) groups is 2. The Kier molecular flexibility index (Phi) is 5.44. The predicted octanol–water partition coefficient (Wildman–Crippen LogP) is 2.02. The molecule has 0 heterocycles. The van der Waals surface area contributed by atoms with Gasteiger partial charge in [0.2, 0.25) is 0 Å². The maximum Gasteiger partial charge on any atom is 0.332 e. The molecule has 0 atom stereocenters. The number of carbonyl (C=O) groups excluding carboxylic acids is 1. The van der Waals surface area contributed by atoms with Crippen LogP contribution in [0.25, 0.3) is 0 Å². The number of nitrogens with one attached hydrogen (secondary N) is 1. The number of hydrogen-bond donors (Lipinski definition) is 2. The van der Waals surface area contributed by atoms with Crippen molar-refractivity contribution in [2.24, 2.45) is 0 Å². The van der Waals surface area contributed by atoms with Crippen LogP contribution in [0.1, 0.15) is 13.3 Å². The highest BCUT2D eigenvalue weighted by Gasteiger charge is 2.07. The van der Waals surface area contributed by atoms with Crippen LogP contribution in [-0.2, 0) is 14.3 Å². The number of ether oxygens (including phenoxy) is 1. The van der Waals surface area contributed by atoms with Crippen molar-refractivity contribution in [3.63, 3.8) is 0 Å². The minimum atomic E-state index is -1.02. The molecule has 1 aromatic carbocycles. The standard InChI is InChI=1S/C13H15NO4/c1-2-18-13(17)9-11(8-12(15)16)14-10-6-4-3-5-7-10/h3-7,9,14H,2,8H2,1H3,(H,15,16)/b11-9+. The van der Waals surface area contributed by atoms with Crippen LogP contribution in [0.15, 0.2) is 42.1 Å². The maximum atomic E-state index is 11.3. The van der Waals surface area contributed by atoms with Gasteiger partial charge in [-0.05, 0) is 19.1 Å². The van der Waals surface area contributed by atoms with Gasteiger partial charge >= 0.3 is 11.9 Å². The lowest BCUT2D eigenvalue weighted by Gasteiger charge is -2.08. The fourth-order valence-corrected chi connectivity index (χ4v) is 1.33. The van der Waals surface area contributed by atoms with Crippen LogP contribution in [0.4, 0.5) is 5.69 Å². The smallest absolute Gasteiger partial charge is 0.332 e. The molecular formula is C13H15NO4. The first kappa shape index (κ1) is 13.8. The van der Waals surface area contributed by atoms with Crippen molar-refractivity contribution in [3.05, 3.63) is 42.1 Å². The summed E-state index contributed by atoms with van der Waals surface area (Å²) in [5, 5.41) is 11.7. The van der Waals surface area contributed by atoms with E-state index in [9.17, 15) is 9.59 Å². The summed E-state index contributed by atoms with van der Waals surface area (Å²) in [7, 11) is 0. The number of aliphatic carboxylic acids is 1. The Balaban J connectivity index is 2.78. The number of benzene rings is 1. The van der Waals surface area contributed by atoms with Crippen molar-refractivity contribution in [2.45, 2.75) is 13.3 Å². The van der Waals surface area contributed by atoms with Crippen LogP contribution in [0.3, 0.4) is 0 Å². The molecule has 0 bridgehead atoms. The minimum absolute atomic E-state index is 0.251. The third kappa shape index (κ3) is 5.16. The molecule has 0 unspecified atom stereocenters. The first-order chi connectivity index (χ1) is 8.61. The summed E-state index contributed by atoms with van der Waals surface area (Å²) in [5.74, 6) is -1.58. The van der Waals surface area contributed by atoms with Gasteiger partial charge < -0.3 is 15.2 Å². The molecule has 0 aliphatic rings. The van der Waals surface area contributed by atoms with Gasteiger partial charge in [-0.1, -0.05) is 18.2 Å². The van der Waals surface area contributed by atoms with Gasteiger partial charge in [-0.15, -0.1) is 0 Å². The molecule has 0 fully saturated rings. The molecule has 2 N–H and O–H groups in total. The summed E-state index contributed by atoms with van der Waals surface area (Å²) in [4.78, 5) is 22.0. The molecule has 1 aromatic rings. The summed E-state index contributed by atoms with van der Waals surface area (Å²) >= 11 is 0. The van der Waals surface area contributed by atoms with E-state index in [4.69, 9.17) is 9.84 Å². The van der Waals surface area contributed by atoms with Gasteiger partial charge in [0.25, 0.3) is 0 Å². The van der Waals surface area contributed by atoms with Gasteiger partial charge in [-0.2, -0.15) is 0 Å². The third-order valence-electron chi connectivity index (χ3n) is 2.00. The molecule has 0 saturated carbocycles. The van der Waals surface area contributed by atoms with Crippen molar-refractivity contribution < 1.29 is 19.4 Å². The number of anilines is 1. The van der Waals surface area contributed by atoms with Gasteiger partial charge in [0, 0.05) is 17.5 Å². The first-order valence-electron chi connectivity index (χ1n) is 5.53. The Bertz CT molecular complexity index is 440. The Morgan fingerprint density at radius 1 is 1.33 bits per heavy atom. The summed E-state index contributed by atoms with van der Waals surface area (Å²) in [6.45, 7) is 1.94. The van der Waals surface area contributed by atoms with E-state index in [1.165, 1.54) is 0 Å². The quantitative estimate of drug-likeness (QED) is 0.596. The number of hydrogen-bond acceptors (Lipinski definition) is 4. The van der Waals surface area contributed by atoms with E-state index in [0.717, 1.165) is 6.08 Å². The summed E-state index contributed by atoms with van der Waals surface area (Å²) in [5.41, 5.74) is 1.00. The Morgan fingerprint density at radius 2 is 2.00 bits per heavy atom. The zero-order valence-electron chi connectivity index (χ0n) is 10.1. The predicted molar refractivity (Wildman–Crippen MR) is 67.0 cm³/mol. The van der Waals surface area contributed by atoms with E-state index in [0.29, 0.717) is 5.69 Å². The van der Waals surface area contributed by atoms with Crippen molar-refractivity contribution in [2.75, 3.05) is 11.9 Å². The molecule has 0 aliphatic heterocycles. The SMILES string of the molecule is CCOC(=O)/C=C(\CC(=O)O)Nc1ccccc1. The van der Waals surface area contributed by atoms with E-state index in [1.807, 2.05) is 18.2 Å². The Hall–Kier alpha value is -2.30. The Labute approximate surface area is 105 Å². The van der Waals surface area contributed by atoms with Crippen LogP contribution in [-0.4, -0.2) is 23.7 Å². The van der Waals surface area contributed by atoms with Crippen LogP contribution in [0.2, 0.25) is 0 Å². The van der Waals surface area contributed by atoms with Crippen molar-refractivity contribution in [3.8, 4) is 0 Å². The molecule has 0 amide bonds. The highest BCUT2D eigenvalue weighted by atomic mass is 16.5. The first-order valence-corrected chi connectivity index (χ1v) is 5.53. The molecular weight excluding hydrogens is 234 g/mol. The fourth-order valence-electron chi connectivity index (χ4n) is 1.33. The number of rotatable bonds is 6. The second kappa shape index (κ2) is 7.11. The van der Waals surface area contributed by atoms with Gasteiger partial charge in [-0.3, -0.25) is 4.79 Å². The Morgan fingerprint density at radius 3 is 2.56 bits per heavy atom. The van der Waals surface area contributed by atoms with Gasteiger partial charge in [0.1, 0.15) is 0 Å². The van der Waals surface area contributed by atoms with E-state index in [-0.39, 0.29) is 18.7 Å². The van der Waals surface area contributed by atoms with Gasteiger partial charge in [0.05, 0.1) is 13.0 Å². The number of carboxylic acid groups (broad SMARTS) is 1. The second-order valence-electron chi connectivity index (χ2n) is 3.48. The average Bonchev–Trinajstić information content (AvgIpc) is 2.29. The van der Waals surface area contributed by atoms with E-state index >= 15 is 0 Å². The van der Waals surface area contributed by atoms with Gasteiger partial charge in [0.15, 0.2) is 0 Å². The van der Waals surface area contributed by atoms with Crippen LogP contribution in [0, 0.1) is 0 Å². The lowest BCUT2D eigenvalue weighted by Crippen LogP contribution is -2.10. The summed E-state index contributed by atoms with van der Waals surface area (Å²) in [6.07, 6.45) is 0.887. The van der Waals surface area contributed by atoms with Crippen LogP contribution in [0.5, 0.6) is 0 Å². The normalized spacial score (nSPS) is 10.8. The molecule has 5 nitrogen and oxygen atoms in total. The number of para-hydroxylation sites is 1. The van der Waals surface area contributed by atoms with Crippen molar-refractivity contribution >= 4 is 17.6 Å². The fraction of sp³-hybridized carbons (Fsp3) is 0.231. The van der Waals surface area contributed by atoms with Crippen molar-refractivity contribution in [1.29, 1.82) is 0 Å². The lowest BCUT2D eigenvalue weighted by atomic mass is 10.2. The van der Waals surface area contributed by atoms with Crippen LogP contribution < -0.4 is 5.32 Å². The molecule has 96 valence electrons. The number of carboxylic acids is 1. The van der Waals surface area contributed by atoms with E-state index in [1.54, 1.807) is 19.1 Å². The highest BCUT2D eigenvalue weighted by molar-refractivity contribution is 5.85. The largest absolute Gasteiger partial charge is 0.481 e. The minimum Gasteiger partial charge on any atom is -0.481 e. The molecule has 0 aromatic heterocycles. The zero-order chi connectivity index (χ0) is 13.4. The topological polar surface area (TPSA) is 75.6 Å². The molecule has 0 spiro atoms. The molecule has 0 radical (unpaired) electrons. The summed E-state index contributed by atoms with van der Waals surface area (Å²) in [6, 6.07) is 9.02. The number of esters is 1. The van der Waals surface area contributed by atoms with Gasteiger partial charge in [-0.25, -0.2) is 4.79 Å². The molecule has 0 saturated heterocycles. The zero-order valence-corrected chi connectivity index (χ0v) is 10.1. The van der Waals surface area contributed by atoms with Crippen LogP contribution >= 0.6 is 0 Å². The monoisotopic (exact) mass is 249 g/mol. The molecule has 18 heavy (non-hydrogen) atoms. The molecule has 0 aliphatic carbocycles. The van der Waals surface area contributed by atoms with E-state index < -0.39 is 11.9 Å². The van der Waals surface area contributed by atoms with E-state index in [2.05, 4.69) is 5.32 Å². The average molecular weight is 249 g/mol. The lowest BCUT2D eigenvalue weighted by molar-refractivity contribution is -0.137. The highest BCUT2D eigenvalue weighted by Crippen LogP contribution is 2.11. The maximum absolute atomic E-state index is 11.3. The summed E-state index contributed by atoms with van der Waals surface area (Å²) < 4.78 is 4.74. The molecule has 5 heteroatoms.